The second-order valence-electron chi connectivity index (χ2n) is 6.55. The second-order valence-corrected chi connectivity index (χ2v) is 6.96. The number of hydrogen-bond acceptors (Lipinski definition) is 4. The molecule has 140 valence electrons. The molecule has 1 N–H and O–H groups in total. The van der Waals surface area contributed by atoms with Crippen LogP contribution >= 0.6 is 11.6 Å². The van der Waals surface area contributed by atoms with Crippen LogP contribution in [0.4, 0.5) is 13.2 Å². The third kappa shape index (κ3) is 5.32. The van der Waals surface area contributed by atoms with Crippen LogP contribution in [0.15, 0.2) is 28.8 Å². The van der Waals surface area contributed by atoms with Gasteiger partial charge in [-0.05, 0) is 29.8 Å². The molecule has 1 aromatic carbocycles. The molecule has 2 rings (SSSR count). The SMILES string of the molecule is CC(C)(C)c1nc(CNC(=O)/C=C/c2cc(C(F)(F)F)ccc2Cl)no1. The third-order valence-corrected chi connectivity index (χ3v) is 3.61. The summed E-state index contributed by atoms with van der Waals surface area (Å²) in [5, 5.41) is 6.38. The van der Waals surface area contributed by atoms with Crippen molar-refractivity contribution in [3.05, 3.63) is 52.1 Å². The molecule has 0 fully saturated rings. The summed E-state index contributed by atoms with van der Waals surface area (Å²) >= 11 is 5.87. The lowest BCUT2D eigenvalue weighted by atomic mass is 9.97. The highest BCUT2D eigenvalue weighted by atomic mass is 35.5. The molecule has 0 spiro atoms. The minimum Gasteiger partial charge on any atom is -0.345 e. The van der Waals surface area contributed by atoms with Crippen molar-refractivity contribution in [2.24, 2.45) is 0 Å². The Labute approximate surface area is 153 Å². The number of aromatic nitrogens is 2. The van der Waals surface area contributed by atoms with E-state index in [0.29, 0.717) is 11.7 Å². The van der Waals surface area contributed by atoms with Crippen molar-refractivity contribution in [1.29, 1.82) is 0 Å². The van der Waals surface area contributed by atoms with Crippen molar-refractivity contribution in [3.63, 3.8) is 0 Å². The van der Waals surface area contributed by atoms with Gasteiger partial charge in [0.05, 0.1) is 12.1 Å². The maximum absolute atomic E-state index is 12.7. The fraction of sp³-hybridized carbons (Fsp3) is 0.353. The maximum atomic E-state index is 12.7. The monoisotopic (exact) mass is 387 g/mol. The first-order valence-corrected chi connectivity index (χ1v) is 8.00. The maximum Gasteiger partial charge on any atom is 0.416 e. The van der Waals surface area contributed by atoms with Crippen LogP contribution in [0.5, 0.6) is 0 Å². The van der Waals surface area contributed by atoms with Gasteiger partial charge in [0, 0.05) is 16.5 Å². The van der Waals surface area contributed by atoms with Crippen LogP contribution in [0.3, 0.4) is 0 Å². The number of carbonyl (C=O) groups is 1. The Kier molecular flexibility index (Phi) is 5.75. The number of nitrogens with zero attached hydrogens (tertiary/aromatic N) is 2. The second kappa shape index (κ2) is 7.49. The summed E-state index contributed by atoms with van der Waals surface area (Å²) in [6.45, 7) is 5.75. The molecular weight excluding hydrogens is 371 g/mol. The van der Waals surface area contributed by atoms with Gasteiger partial charge in [-0.2, -0.15) is 18.2 Å². The molecule has 0 aliphatic rings. The number of hydrogen-bond donors (Lipinski definition) is 1. The Bertz CT molecular complexity index is 823. The average molecular weight is 388 g/mol. The molecule has 0 aliphatic heterocycles. The normalized spacial score (nSPS) is 12.6. The van der Waals surface area contributed by atoms with Crippen molar-refractivity contribution < 1.29 is 22.5 Å². The Hall–Kier alpha value is -2.35. The average Bonchev–Trinajstić information content (AvgIpc) is 3.00. The summed E-state index contributed by atoms with van der Waals surface area (Å²) in [4.78, 5) is 16.0. The van der Waals surface area contributed by atoms with E-state index in [1.807, 2.05) is 20.8 Å². The number of halogens is 4. The molecule has 0 bridgehead atoms. The van der Waals surface area contributed by atoms with E-state index in [1.54, 1.807) is 0 Å². The Morgan fingerprint density at radius 1 is 1.31 bits per heavy atom. The van der Waals surface area contributed by atoms with E-state index in [-0.39, 0.29) is 22.5 Å². The van der Waals surface area contributed by atoms with Crippen molar-refractivity contribution in [1.82, 2.24) is 15.5 Å². The van der Waals surface area contributed by atoms with Gasteiger partial charge in [0.2, 0.25) is 11.8 Å². The van der Waals surface area contributed by atoms with Gasteiger partial charge in [-0.15, -0.1) is 0 Å². The fourth-order valence-corrected chi connectivity index (χ4v) is 2.05. The minimum absolute atomic E-state index is 0.0269. The predicted molar refractivity (Wildman–Crippen MR) is 90.3 cm³/mol. The first kappa shape index (κ1) is 20.0. The highest BCUT2D eigenvalue weighted by Gasteiger charge is 2.30. The molecule has 26 heavy (non-hydrogen) atoms. The molecule has 5 nitrogen and oxygen atoms in total. The van der Waals surface area contributed by atoms with E-state index in [1.165, 1.54) is 6.08 Å². The molecule has 0 atom stereocenters. The van der Waals surface area contributed by atoms with Gasteiger partial charge in [0.1, 0.15) is 0 Å². The highest BCUT2D eigenvalue weighted by Crippen LogP contribution is 2.32. The zero-order chi connectivity index (χ0) is 19.5. The number of carbonyl (C=O) groups excluding carboxylic acids is 1. The summed E-state index contributed by atoms with van der Waals surface area (Å²) in [7, 11) is 0. The van der Waals surface area contributed by atoms with Crippen LogP contribution in [0.2, 0.25) is 5.02 Å². The summed E-state index contributed by atoms with van der Waals surface area (Å²) in [5.41, 5.74) is -1.07. The lowest BCUT2D eigenvalue weighted by Crippen LogP contribution is -2.21. The van der Waals surface area contributed by atoms with Crippen molar-refractivity contribution in [3.8, 4) is 0 Å². The number of benzene rings is 1. The molecule has 1 aromatic heterocycles. The molecule has 1 heterocycles. The van der Waals surface area contributed by atoms with E-state index in [9.17, 15) is 18.0 Å². The van der Waals surface area contributed by atoms with Crippen LogP contribution in [-0.4, -0.2) is 16.0 Å². The number of alkyl halides is 3. The van der Waals surface area contributed by atoms with Crippen LogP contribution in [0.25, 0.3) is 6.08 Å². The number of nitrogens with one attached hydrogen (secondary N) is 1. The largest absolute Gasteiger partial charge is 0.416 e. The van der Waals surface area contributed by atoms with Crippen molar-refractivity contribution in [2.45, 2.75) is 38.9 Å². The smallest absolute Gasteiger partial charge is 0.345 e. The van der Waals surface area contributed by atoms with E-state index in [0.717, 1.165) is 24.3 Å². The van der Waals surface area contributed by atoms with Gasteiger partial charge in [0.15, 0.2) is 5.82 Å². The molecule has 0 radical (unpaired) electrons. The first-order valence-electron chi connectivity index (χ1n) is 7.62. The van der Waals surface area contributed by atoms with Gasteiger partial charge in [-0.1, -0.05) is 37.5 Å². The van der Waals surface area contributed by atoms with Crippen molar-refractivity contribution in [2.75, 3.05) is 0 Å². The molecule has 9 heteroatoms. The summed E-state index contributed by atoms with van der Waals surface area (Å²) < 4.78 is 43.3. The lowest BCUT2D eigenvalue weighted by molar-refractivity contribution is -0.137. The third-order valence-electron chi connectivity index (χ3n) is 3.27. The van der Waals surface area contributed by atoms with Crippen LogP contribution in [0, 0.1) is 0 Å². The first-order chi connectivity index (χ1) is 12.0. The predicted octanol–water partition coefficient (Wildman–Crippen LogP) is 4.37. The minimum atomic E-state index is -4.49. The Morgan fingerprint density at radius 3 is 2.58 bits per heavy atom. The van der Waals surface area contributed by atoms with Gasteiger partial charge < -0.3 is 9.84 Å². The van der Waals surface area contributed by atoms with Gasteiger partial charge >= 0.3 is 6.18 Å². The standard InChI is InChI=1S/C17H17ClF3N3O2/c1-16(2,3)15-23-13(24-26-15)9-22-14(25)7-4-10-8-11(17(19,20)21)5-6-12(10)18/h4-8H,9H2,1-3H3,(H,22,25)/b7-4+. The molecular formula is C17H17ClF3N3O2. The molecule has 2 aromatic rings. The Balaban J connectivity index is 2.01. The molecule has 0 saturated heterocycles. The fourth-order valence-electron chi connectivity index (χ4n) is 1.87. The summed E-state index contributed by atoms with van der Waals surface area (Å²) in [6, 6.07) is 2.89. The molecule has 0 aliphatic carbocycles. The number of amides is 1. The molecule has 0 saturated carbocycles. The molecule has 1 amide bonds. The zero-order valence-electron chi connectivity index (χ0n) is 14.3. The van der Waals surface area contributed by atoms with Crippen LogP contribution in [0.1, 0.15) is 43.6 Å². The Morgan fingerprint density at radius 2 is 2.00 bits per heavy atom. The van der Waals surface area contributed by atoms with E-state index < -0.39 is 17.6 Å². The van der Waals surface area contributed by atoms with Gasteiger partial charge in [-0.25, -0.2) is 0 Å². The van der Waals surface area contributed by atoms with E-state index in [4.69, 9.17) is 16.1 Å². The molecule has 0 unspecified atom stereocenters. The van der Waals surface area contributed by atoms with Crippen LogP contribution < -0.4 is 5.32 Å². The van der Waals surface area contributed by atoms with Gasteiger partial charge in [0.25, 0.3) is 0 Å². The summed E-state index contributed by atoms with van der Waals surface area (Å²) in [5.74, 6) is 0.211. The summed E-state index contributed by atoms with van der Waals surface area (Å²) in [6.07, 6.45) is -2.19. The zero-order valence-corrected chi connectivity index (χ0v) is 15.1. The quantitative estimate of drug-likeness (QED) is 0.791. The van der Waals surface area contributed by atoms with Crippen molar-refractivity contribution >= 4 is 23.6 Å². The van der Waals surface area contributed by atoms with E-state index in [2.05, 4.69) is 15.5 Å². The van der Waals surface area contributed by atoms with E-state index >= 15 is 0 Å². The van der Waals surface area contributed by atoms with Crippen LogP contribution in [-0.2, 0) is 22.9 Å². The highest BCUT2D eigenvalue weighted by molar-refractivity contribution is 6.32. The lowest BCUT2D eigenvalue weighted by Gasteiger charge is -2.10. The number of rotatable bonds is 4. The van der Waals surface area contributed by atoms with Gasteiger partial charge in [-0.3, -0.25) is 4.79 Å². The topological polar surface area (TPSA) is 68.0 Å².